The molecule has 0 unspecified atom stereocenters. The SMILES string of the molecule is C[C@H](O)CNCc1ccc(OCC(=O)O)cc1. The number of carboxylic acids is 1. The molecule has 0 fully saturated rings. The van der Waals surface area contributed by atoms with Crippen molar-refractivity contribution in [2.24, 2.45) is 0 Å². The van der Waals surface area contributed by atoms with Gasteiger partial charge < -0.3 is 20.3 Å². The van der Waals surface area contributed by atoms with Crippen molar-refractivity contribution >= 4 is 5.97 Å². The summed E-state index contributed by atoms with van der Waals surface area (Å²) in [6.45, 7) is 2.58. The predicted octanol–water partition coefficient (Wildman–Crippen LogP) is 0.620. The summed E-state index contributed by atoms with van der Waals surface area (Å²) in [4.78, 5) is 10.3. The fourth-order valence-electron chi connectivity index (χ4n) is 1.27. The van der Waals surface area contributed by atoms with E-state index in [0.29, 0.717) is 18.8 Å². The fraction of sp³-hybridized carbons (Fsp3) is 0.417. The van der Waals surface area contributed by atoms with E-state index in [1.807, 2.05) is 12.1 Å². The second-order valence-electron chi connectivity index (χ2n) is 3.81. The molecule has 0 saturated carbocycles. The molecule has 5 heteroatoms. The van der Waals surface area contributed by atoms with Crippen LogP contribution < -0.4 is 10.1 Å². The van der Waals surface area contributed by atoms with Crippen LogP contribution in [0, 0.1) is 0 Å². The third kappa shape index (κ3) is 5.89. The standard InChI is InChI=1S/C12H17NO4/c1-9(14)6-13-7-10-2-4-11(5-3-10)17-8-12(15)16/h2-5,9,13-14H,6-8H2,1H3,(H,15,16)/t9-/m0/s1. The molecule has 1 aromatic rings. The molecule has 0 amide bonds. The molecule has 1 aromatic carbocycles. The van der Waals surface area contributed by atoms with E-state index in [4.69, 9.17) is 14.9 Å². The van der Waals surface area contributed by atoms with Gasteiger partial charge in [0, 0.05) is 13.1 Å². The van der Waals surface area contributed by atoms with Gasteiger partial charge in [-0.1, -0.05) is 12.1 Å². The van der Waals surface area contributed by atoms with E-state index in [-0.39, 0.29) is 12.7 Å². The van der Waals surface area contributed by atoms with Crippen LogP contribution in [0.4, 0.5) is 0 Å². The third-order valence-electron chi connectivity index (χ3n) is 2.05. The maximum Gasteiger partial charge on any atom is 0.341 e. The number of aliphatic carboxylic acids is 1. The number of carboxylic acid groups (broad SMARTS) is 1. The second kappa shape index (κ2) is 6.88. The molecule has 0 aliphatic carbocycles. The van der Waals surface area contributed by atoms with Crippen molar-refractivity contribution in [2.75, 3.05) is 13.2 Å². The van der Waals surface area contributed by atoms with Crippen LogP contribution in [-0.4, -0.2) is 35.4 Å². The van der Waals surface area contributed by atoms with Crippen molar-refractivity contribution in [2.45, 2.75) is 19.6 Å². The van der Waals surface area contributed by atoms with Crippen LogP contribution in [0.5, 0.6) is 5.75 Å². The van der Waals surface area contributed by atoms with Gasteiger partial charge in [-0.25, -0.2) is 4.79 Å². The Bertz CT molecular complexity index is 348. The van der Waals surface area contributed by atoms with Gasteiger partial charge in [-0.3, -0.25) is 0 Å². The molecule has 0 heterocycles. The lowest BCUT2D eigenvalue weighted by Gasteiger charge is -2.08. The molecule has 5 nitrogen and oxygen atoms in total. The minimum absolute atomic E-state index is 0.334. The van der Waals surface area contributed by atoms with E-state index >= 15 is 0 Å². The first-order valence-electron chi connectivity index (χ1n) is 5.40. The quantitative estimate of drug-likeness (QED) is 0.650. The Morgan fingerprint density at radius 1 is 1.41 bits per heavy atom. The predicted molar refractivity (Wildman–Crippen MR) is 63.0 cm³/mol. The van der Waals surface area contributed by atoms with Crippen molar-refractivity contribution in [3.8, 4) is 5.75 Å². The van der Waals surface area contributed by atoms with Gasteiger partial charge >= 0.3 is 5.97 Å². The number of aliphatic hydroxyl groups is 1. The fourth-order valence-corrected chi connectivity index (χ4v) is 1.27. The van der Waals surface area contributed by atoms with Crippen molar-refractivity contribution in [1.29, 1.82) is 0 Å². The molecule has 0 spiro atoms. The van der Waals surface area contributed by atoms with E-state index in [2.05, 4.69) is 5.32 Å². The Kier molecular flexibility index (Phi) is 5.45. The summed E-state index contributed by atoms with van der Waals surface area (Å²) < 4.78 is 5.01. The number of ether oxygens (including phenoxy) is 1. The van der Waals surface area contributed by atoms with Crippen LogP contribution in [0.25, 0.3) is 0 Å². The maximum absolute atomic E-state index is 10.3. The second-order valence-corrected chi connectivity index (χ2v) is 3.81. The average Bonchev–Trinajstić information content (AvgIpc) is 2.27. The molecule has 17 heavy (non-hydrogen) atoms. The first-order chi connectivity index (χ1) is 8.08. The molecular formula is C12H17NO4. The van der Waals surface area contributed by atoms with Crippen molar-refractivity contribution < 1.29 is 19.7 Å². The van der Waals surface area contributed by atoms with Crippen molar-refractivity contribution in [3.05, 3.63) is 29.8 Å². The minimum Gasteiger partial charge on any atom is -0.482 e. The average molecular weight is 239 g/mol. The van der Waals surface area contributed by atoms with E-state index in [1.54, 1.807) is 19.1 Å². The highest BCUT2D eigenvalue weighted by Gasteiger charge is 2.00. The molecule has 94 valence electrons. The van der Waals surface area contributed by atoms with Crippen LogP contribution in [-0.2, 0) is 11.3 Å². The monoisotopic (exact) mass is 239 g/mol. The smallest absolute Gasteiger partial charge is 0.341 e. The molecule has 0 aliphatic heterocycles. The summed E-state index contributed by atoms with van der Waals surface area (Å²) in [5.74, 6) is -0.459. The molecule has 0 aliphatic rings. The van der Waals surface area contributed by atoms with Crippen LogP contribution in [0.1, 0.15) is 12.5 Å². The highest BCUT2D eigenvalue weighted by Crippen LogP contribution is 2.11. The van der Waals surface area contributed by atoms with Crippen LogP contribution in [0.2, 0.25) is 0 Å². The Balaban J connectivity index is 2.36. The Morgan fingerprint density at radius 3 is 2.59 bits per heavy atom. The summed E-state index contributed by atoms with van der Waals surface area (Å²) in [5, 5.41) is 20.6. The van der Waals surface area contributed by atoms with Gasteiger partial charge in [0.1, 0.15) is 5.75 Å². The van der Waals surface area contributed by atoms with Gasteiger partial charge in [0.25, 0.3) is 0 Å². The van der Waals surface area contributed by atoms with Gasteiger partial charge in [-0.05, 0) is 24.6 Å². The number of carbonyl (C=O) groups is 1. The normalized spacial score (nSPS) is 12.1. The van der Waals surface area contributed by atoms with E-state index < -0.39 is 5.97 Å². The molecule has 1 rings (SSSR count). The van der Waals surface area contributed by atoms with Crippen LogP contribution in [0.3, 0.4) is 0 Å². The van der Waals surface area contributed by atoms with Gasteiger partial charge in [0.15, 0.2) is 6.61 Å². The first-order valence-corrected chi connectivity index (χ1v) is 5.40. The number of hydrogen-bond donors (Lipinski definition) is 3. The maximum atomic E-state index is 10.3. The number of aliphatic hydroxyl groups excluding tert-OH is 1. The summed E-state index contributed by atoms with van der Waals surface area (Å²) in [7, 11) is 0. The Hall–Kier alpha value is -1.59. The summed E-state index contributed by atoms with van der Waals surface area (Å²) in [6, 6.07) is 7.16. The van der Waals surface area contributed by atoms with E-state index in [0.717, 1.165) is 5.56 Å². The zero-order valence-electron chi connectivity index (χ0n) is 9.72. The molecule has 0 bridgehead atoms. The minimum atomic E-state index is -0.993. The summed E-state index contributed by atoms with van der Waals surface area (Å²) >= 11 is 0. The Labute approximate surface area is 100 Å². The highest BCUT2D eigenvalue weighted by molar-refractivity contribution is 5.68. The lowest BCUT2D eigenvalue weighted by atomic mass is 10.2. The summed E-state index contributed by atoms with van der Waals surface area (Å²) in [5.41, 5.74) is 1.05. The first kappa shape index (κ1) is 13.5. The molecule has 0 radical (unpaired) electrons. The van der Waals surface area contributed by atoms with Crippen molar-refractivity contribution in [3.63, 3.8) is 0 Å². The van der Waals surface area contributed by atoms with Gasteiger partial charge in [0.2, 0.25) is 0 Å². The molecule has 1 atom stereocenters. The molecule has 3 N–H and O–H groups in total. The third-order valence-corrected chi connectivity index (χ3v) is 2.05. The number of rotatable bonds is 7. The lowest BCUT2D eigenvalue weighted by molar-refractivity contribution is -0.139. The number of nitrogens with one attached hydrogen (secondary N) is 1. The van der Waals surface area contributed by atoms with Crippen molar-refractivity contribution in [1.82, 2.24) is 5.32 Å². The molecular weight excluding hydrogens is 222 g/mol. The number of hydrogen-bond acceptors (Lipinski definition) is 4. The highest BCUT2D eigenvalue weighted by atomic mass is 16.5. The molecule has 0 saturated heterocycles. The van der Waals surface area contributed by atoms with E-state index in [1.165, 1.54) is 0 Å². The van der Waals surface area contributed by atoms with Gasteiger partial charge in [0.05, 0.1) is 6.10 Å². The van der Waals surface area contributed by atoms with Gasteiger partial charge in [-0.15, -0.1) is 0 Å². The van der Waals surface area contributed by atoms with Gasteiger partial charge in [-0.2, -0.15) is 0 Å². The zero-order chi connectivity index (χ0) is 12.7. The largest absolute Gasteiger partial charge is 0.482 e. The lowest BCUT2D eigenvalue weighted by Crippen LogP contribution is -2.23. The van der Waals surface area contributed by atoms with Crippen LogP contribution in [0.15, 0.2) is 24.3 Å². The number of benzene rings is 1. The van der Waals surface area contributed by atoms with Crippen LogP contribution >= 0.6 is 0 Å². The Morgan fingerprint density at radius 2 is 2.06 bits per heavy atom. The zero-order valence-corrected chi connectivity index (χ0v) is 9.72. The molecule has 0 aromatic heterocycles. The van der Waals surface area contributed by atoms with E-state index in [9.17, 15) is 4.79 Å². The topological polar surface area (TPSA) is 78.8 Å². The summed E-state index contributed by atoms with van der Waals surface area (Å²) in [6.07, 6.45) is -0.367.